The van der Waals surface area contributed by atoms with Crippen molar-refractivity contribution in [2.75, 3.05) is 28.4 Å². The minimum atomic E-state index is 0.776. The Labute approximate surface area is 320 Å². The highest BCUT2D eigenvalue weighted by Gasteiger charge is 2.23. The first kappa shape index (κ1) is 32.1. The molecule has 11 rings (SSSR count). The van der Waals surface area contributed by atoms with Gasteiger partial charge in [0.1, 0.15) is 34.0 Å². The van der Waals surface area contributed by atoms with Gasteiger partial charge in [0.2, 0.25) is 0 Å². The normalized spacial score (nSPS) is 11.9. The predicted octanol–water partition coefficient (Wildman–Crippen LogP) is 11.3. The largest absolute Gasteiger partial charge is 0.497 e. The van der Waals surface area contributed by atoms with Crippen LogP contribution in [0.3, 0.4) is 0 Å². The molecule has 3 aromatic heterocycles. The summed E-state index contributed by atoms with van der Waals surface area (Å²) in [6.45, 7) is 0. The Balaban J connectivity index is 1.34. The van der Waals surface area contributed by atoms with E-state index in [1.165, 1.54) is 0 Å². The molecule has 3 heterocycles. The highest BCUT2D eigenvalue weighted by molar-refractivity contribution is 6.24. The molecule has 11 aromatic rings. The first-order chi connectivity index (χ1) is 27.6. The second-order valence-electron chi connectivity index (χ2n) is 14.0. The minimum Gasteiger partial charge on any atom is -0.497 e. The zero-order valence-electron chi connectivity index (χ0n) is 31.1. The van der Waals surface area contributed by atoms with Crippen LogP contribution in [0, 0.1) is 0 Å². The Morgan fingerprint density at radius 3 is 0.929 bits per heavy atom. The number of benzene rings is 8. The topological polar surface area (TPSA) is 72.6 Å². The van der Waals surface area contributed by atoms with Gasteiger partial charge in [0.05, 0.1) is 72.9 Å². The highest BCUT2D eigenvalue weighted by atomic mass is 16.5. The molecule has 0 aliphatic heterocycles. The van der Waals surface area contributed by atoms with E-state index in [4.69, 9.17) is 28.9 Å². The van der Waals surface area contributed by atoms with Crippen LogP contribution in [0.15, 0.2) is 133 Å². The summed E-state index contributed by atoms with van der Waals surface area (Å²) in [6.07, 6.45) is 0. The number of methoxy groups -OCH3 is 4. The van der Waals surface area contributed by atoms with Gasteiger partial charge in [-0.2, -0.15) is 0 Å². The van der Waals surface area contributed by atoms with Gasteiger partial charge in [0, 0.05) is 32.3 Å². The van der Waals surface area contributed by atoms with E-state index >= 15 is 0 Å². The van der Waals surface area contributed by atoms with Crippen LogP contribution in [-0.4, -0.2) is 47.5 Å². The fraction of sp³-hybridized carbons (Fsp3) is 0.0833. The maximum absolute atomic E-state index is 5.71. The molecule has 0 radical (unpaired) electrons. The molecule has 0 amide bonds. The minimum absolute atomic E-state index is 0.776. The summed E-state index contributed by atoms with van der Waals surface area (Å²) >= 11 is 0. The van der Waals surface area contributed by atoms with Gasteiger partial charge in [-0.15, -0.1) is 0 Å². The molecule has 0 atom stereocenters. The van der Waals surface area contributed by atoms with Crippen LogP contribution in [0.2, 0.25) is 0 Å². The molecule has 8 heteroatoms. The van der Waals surface area contributed by atoms with Gasteiger partial charge in [-0.25, -0.2) is 9.97 Å². The summed E-state index contributed by atoms with van der Waals surface area (Å²) in [4.78, 5) is 11.4. The maximum Gasteiger partial charge on any atom is 0.119 e. The zero-order valence-corrected chi connectivity index (χ0v) is 31.1. The average Bonchev–Trinajstić information content (AvgIpc) is 3.76. The lowest BCUT2D eigenvalue weighted by atomic mass is 9.99. The Kier molecular flexibility index (Phi) is 6.94. The van der Waals surface area contributed by atoms with Crippen LogP contribution in [-0.2, 0) is 0 Å². The van der Waals surface area contributed by atoms with Crippen LogP contribution in [0.4, 0.5) is 0 Å². The van der Waals surface area contributed by atoms with E-state index in [2.05, 4.69) is 118 Å². The summed E-state index contributed by atoms with van der Waals surface area (Å²) in [5.74, 6) is 3.12. The molecular formula is C48H34N4O4. The van der Waals surface area contributed by atoms with E-state index in [0.29, 0.717) is 0 Å². The molecule has 8 nitrogen and oxygen atoms in total. The molecule has 0 aliphatic rings. The van der Waals surface area contributed by atoms with Gasteiger partial charge in [-0.3, -0.25) is 0 Å². The van der Waals surface area contributed by atoms with E-state index in [-0.39, 0.29) is 0 Å². The third-order valence-corrected chi connectivity index (χ3v) is 11.3. The molecule has 0 aliphatic carbocycles. The molecule has 0 spiro atoms. The van der Waals surface area contributed by atoms with Crippen LogP contribution < -0.4 is 18.9 Å². The summed E-state index contributed by atoms with van der Waals surface area (Å²) < 4.78 is 27.4. The van der Waals surface area contributed by atoms with Crippen molar-refractivity contribution in [1.29, 1.82) is 0 Å². The summed E-state index contributed by atoms with van der Waals surface area (Å²) in [7, 11) is 6.79. The molecule has 56 heavy (non-hydrogen) atoms. The number of ether oxygens (including phenoxy) is 4. The first-order valence-electron chi connectivity index (χ1n) is 18.5. The predicted molar refractivity (Wildman–Crippen MR) is 227 cm³/mol. The standard InChI is InChI=1S/C48H34N4O4/c1-53-27-13-17-39-35(23-27)36-24-28(54-2)14-18-40(36)51(39)43-21-22-44(52-41-19-15-29(55-3)25-37(41)38-26-30(56-4)16-20-42(38)52)48-47(43)49-45-33-11-7-5-9-31(33)32-10-6-8-12-34(32)46(45)50-48/h5-26H,1-4H3. The second-order valence-corrected chi connectivity index (χ2v) is 14.0. The third-order valence-electron chi connectivity index (χ3n) is 11.3. The number of hydrogen-bond acceptors (Lipinski definition) is 6. The molecule has 0 bridgehead atoms. The van der Waals surface area contributed by atoms with Crippen LogP contribution >= 0.6 is 0 Å². The average molecular weight is 731 g/mol. The van der Waals surface area contributed by atoms with Gasteiger partial charge in [-0.05, 0) is 95.7 Å². The van der Waals surface area contributed by atoms with Crippen molar-refractivity contribution in [3.63, 3.8) is 0 Å². The number of rotatable bonds is 6. The van der Waals surface area contributed by atoms with Crippen LogP contribution in [0.1, 0.15) is 0 Å². The molecular weight excluding hydrogens is 697 g/mol. The lowest BCUT2D eigenvalue weighted by Crippen LogP contribution is -2.04. The van der Waals surface area contributed by atoms with Gasteiger partial charge in [0.25, 0.3) is 0 Å². The first-order valence-corrected chi connectivity index (χ1v) is 18.5. The second kappa shape index (κ2) is 12.1. The molecule has 0 saturated carbocycles. The van der Waals surface area contributed by atoms with Crippen molar-refractivity contribution in [3.8, 4) is 34.4 Å². The van der Waals surface area contributed by atoms with Crippen molar-refractivity contribution in [2.45, 2.75) is 0 Å². The van der Waals surface area contributed by atoms with Gasteiger partial charge < -0.3 is 28.1 Å². The van der Waals surface area contributed by atoms with E-state index in [9.17, 15) is 0 Å². The Morgan fingerprint density at radius 1 is 0.321 bits per heavy atom. The zero-order chi connectivity index (χ0) is 37.7. The van der Waals surface area contributed by atoms with Gasteiger partial charge >= 0.3 is 0 Å². The fourth-order valence-corrected chi connectivity index (χ4v) is 8.68. The van der Waals surface area contributed by atoms with Gasteiger partial charge in [-0.1, -0.05) is 48.5 Å². The highest BCUT2D eigenvalue weighted by Crippen LogP contribution is 2.43. The molecule has 270 valence electrons. The van der Waals surface area contributed by atoms with E-state index in [0.717, 1.165) is 122 Å². The monoisotopic (exact) mass is 730 g/mol. The van der Waals surface area contributed by atoms with E-state index in [1.54, 1.807) is 28.4 Å². The lowest BCUT2D eigenvalue weighted by Gasteiger charge is -2.17. The van der Waals surface area contributed by atoms with Crippen molar-refractivity contribution >= 4 is 87.2 Å². The maximum atomic E-state index is 5.71. The lowest BCUT2D eigenvalue weighted by molar-refractivity contribution is 0.415. The van der Waals surface area contributed by atoms with Crippen molar-refractivity contribution in [1.82, 2.24) is 19.1 Å². The molecule has 0 N–H and O–H groups in total. The SMILES string of the molecule is COc1ccc2c(c1)c1cc(OC)ccc1n2-c1ccc(-n2c3ccc(OC)cc3c3cc(OC)ccc32)c2nc3c4ccccc4c4ccccc4c3nc12. The van der Waals surface area contributed by atoms with E-state index in [1.807, 2.05) is 24.3 Å². The summed E-state index contributed by atoms with van der Waals surface area (Å²) in [6, 6.07) is 46.2. The van der Waals surface area contributed by atoms with Crippen LogP contribution in [0.25, 0.3) is 98.6 Å². The van der Waals surface area contributed by atoms with Crippen molar-refractivity contribution in [3.05, 3.63) is 133 Å². The molecule has 0 saturated heterocycles. The number of nitrogens with zero attached hydrogens (tertiary/aromatic N) is 4. The summed E-state index contributed by atoms with van der Waals surface area (Å²) in [5.41, 5.74) is 9.15. The number of aromatic nitrogens is 4. The van der Waals surface area contributed by atoms with Crippen LogP contribution in [0.5, 0.6) is 23.0 Å². The summed E-state index contributed by atoms with van der Waals surface area (Å²) in [5, 5.41) is 8.58. The number of hydrogen-bond donors (Lipinski definition) is 0. The fourth-order valence-electron chi connectivity index (χ4n) is 8.68. The van der Waals surface area contributed by atoms with Gasteiger partial charge in [0.15, 0.2) is 0 Å². The molecule has 8 aromatic carbocycles. The Bertz CT molecular complexity index is 3090. The Morgan fingerprint density at radius 2 is 0.625 bits per heavy atom. The van der Waals surface area contributed by atoms with Crippen molar-refractivity contribution < 1.29 is 18.9 Å². The molecule has 0 unspecified atom stereocenters. The quantitative estimate of drug-likeness (QED) is 0.125. The Hall–Kier alpha value is -7.32. The van der Waals surface area contributed by atoms with Crippen molar-refractivity contribution in [2.24, 2.45) is 0 Å². The smallest absolute Gasteiger partial charge is 0.119 e. The van der Waals surface area contributed by atoms with E-state index < -0.39 is 0 Å². The molecule has 0 fully saturated rings. The number of fused-ring (bicyclic) bond motifs is 13. The third kappa shape index (κ3) is 4.47.